The van der Waals surface area contributed by atoms with Gasteiger partial charge in [0.2, 0.25) is 0 Å². The number of fused-ring (bicyclic) bond motifs is 3. The van der Waals surface area contributed by atoms with Crippen LogP contribution in [0.2, 0.25) is 0 Å². The second-order valence-corrected chi connectivity index (χ2v) is 4.96. The van der Waals surface area contributed by atoms with Gasteiger partial charge in [0.05, 0.1) is 39.6 Å². The maximum atomic E-state index is 6.05. The Kier molecular flexibility index (Phi) is 2.10. The van der Waals surface area contributed by atoms with E-state index in [1.165, 1.54) is 21.9 Å². The van der Waals surface area contributed by atoms with Crippen molar-refractivity contribution in [3.05, 3.63) is 42.0 Å². The molecule has 0 aliphatic rings. The quantitative estimate of drug-likeness (QED) is 0.494. The van der Waals surface area contributed by atoms with Crippen molar-refractivity contribution in [1.29, 1.82) is 0 Å². The molecule has 3 heteroatoms. The van der Waals surface area contributed by atoms with Crippen LogP contribution in [0.1, 0.15) is 5.56 Å². The number of nitrogens with zero attached hydrogens (tertiary/aromatic N) is 1. The number of aryl methyl sites for hydroxylation is 1. The van der Waals surface area contributed by atoms with Gasteiger partial charge in [-0.15, -0.1) is 0 Å². The SMILES string of the molecule is Cc1cccc2c1c1cccc(N)c1n2I. The van der Waals surface area contributed by atoms with Gasteiger partial charge in [-0.3, -0.25) is 2.78 Å². The standard InChI is InChI=1S/C13H11IN2/c1-8-4-2-7-11-12(8)9-5-3-6-10(15)13(9)16(11)14/h2-7H,15H2,1H3. The van der Waals surface area contributed by atoms with E-state index in [2.05, 4.69) is 56.8 Å². The Morgan fingerprint density at radius 3 is 2.69 bits per heavy atom. The maximum absolute atomic E-state index is 6.05. The minimum Gasteiger partial charge on any atom is -0.397 e. The fourth-order valence-electron chi connectivity index (χ4n) is 2.27. The van der Waals surface area contributed by atoms with E-state index in [1.54, 1.807) is 0 Å². The van der Waals surface area contributed by atoms with Crippen molar-refractivity contribution in [2.24, 2.45) is 0 Å². The monoisotopic (exact) mass is 322 g/mol. The molecule has 2 N–H and O–H groups in total. The Hall–Kier alpha value is -1.23. The van der Waals surface area contributed by atoms with Crippen LogP contribution in [0.5, 0.6) is 0 Å². The first-order valence-corrected chi connectivity index (χ1v) is 6.11. The van der Waals surface area contributed by atoms with Crippen molar-refractivity contribution in [3.8, 4) is 0 Å². The van der Waals surface area contributed by atoms with Gasteiger partial charge in [-0.2, -0.15) is 0 Å². The molecule has 0 amide bonds. The molecule has 2 nitrogen and oxygen atoms in total. The zero-order valence-corrected chi connectivity index (χ0v) is 11.0. The van der Waals surface area contributed by atoms with Crippen molar-refractivity contribution in [1.82, 2.24) is 2.78 Å². The highest BCUT2D eigenvalue weighted by molar-refractivity contribution is 14.1. The van der Waals surface area contributed by atoms with E-state index in [9.17, 15) is 0 Å². The molecular weight excluding hydrogens is 311 g/mol. The summed E-state index contributed by atoms with van der Waals surface area (Å²) in [6, 6.07) is 12.5. The van der Waals surface area contributed by atoms with Gasteiger partial charge in [0.15, 0.2) is 0 Å². The number of anilines is 1. The van der Waals surface area contributed by atoms with E-state index < -0.39 is 0 Å². The number of rotatable bonds is 0. The topological polar surface area (TPSA) is 30.9 Å². The number of nitrogen functional groups attached to an aromatic ring is 1. The van der Waals surface area contributed by atoms with E-state index in [-0.39, 0.29) is 0 Å². The normalized spacial score (nSPS) is 11.4. The number of hydrogen-bond acceptors (Lipinski definition) is 1. The minimum absolute atomic E-state index is 0.836. The van der Waals surface area contributed by atoms with E-state index in [1.807, 2.05) is 12.1 Å². The largest absolute Gasteiger partial charge is 0.397 e. The summed E-state index contributed by atoms with van der Waals surface area (Å²) in [5.41, 5.74) is 10.5. The Balaban J connectivity index is 2.71. The maximum Gasteiger partial charge on any atom is 0.0819 e. The number of hydrogen-bond donors (Lipinski definition) is 1. The van der Waals surface area contributed by atoms with Crippen LogP contribution in [0, 0.1) is 6.92 Å². The lowest BCUT2D eigenvalue weighted by Crippen LogP contribution is -1.87. The summed E-state index contributed by atoms with van der Waals surface area (Å²) in [6.07, 6.45) is 0. The van der Waals surface area contributed by atoms with Gasteiger partial charge in [-0.05, 0) is 24.6 Å². The second kappa shape index (κ2) is 3.38. The van der Waals surface area contributed by atoms with Crippen LogP contribution < -0.4 is 5.73 Å². The van der Waals surface area contributed by atoms with Crippen molar-refractivity contribution < 1.29 is 0 Å². The van der Waals surface area contributed by atoms with E-state index in [0.29, 0.717) is 0 Å². The van der Waals surface area contributed by atoms with Gasteiger partial charge in [-0.1, -0.05) is 24.3 Å². The van der Waals surface area contributed by atoms with Gasteiger partial charge < -0.3 is 5.73 Å². The highest BCUT2D eigenvalue weighted by atomic mass is 127. The van der Waals surface area contributed by atoms with Gasteiger partial charge in [0, 0.05) is 10.8 Å². The molecule has 0 bridgehead atoms. The summed E-state index contributed by atoms with van der Waals surface area (Å²) in [4.78, 5) is 0. The average Bonchev–Trinajstić information content (AvgIpc) is 2.56. The predicted octanol–water partition coefficient (Wildman–Crippen LogP) is 3.88. The van der Waals surface area contributed by atoms with Crippen LogP contribution in [-0.4, -0.2) is 2.78 Å². The Labute approximate surface area is 108 Å². The first-order valence-electron chi connectivity index (χ1n) is 5.14. The fourth-order valence-corrected chi connectivity index (χ4v) is 3.21. The lowest BCUT2D eigenvalue weighted by Gasteiger charge is -1.98. The highest BCUT2D eigenvalue weighted by Gasteiger charge is 2.11. The van der Waals surface area contributed by atoms with Gasteiger partial charge >= 0.3 is 0 Å². The van der Waals surface area contributed by atoms with E-state index in [4.69, 9.17) is 5.73 Å². The van der Waals surface area contributed by atoms with Crippen molar-refractivity contribution >= 4 is 50.4 Å². The molecule has 0 saturated heterocycles. The lowest BCUT2D eigenvalue weighted by molar-refractivity contribution is 1.47. The fraction of sp³-hybridized carbons (Fsp3) is 0.0769. The van der Waals surface area contributed by atoms with Crippen molar-refractivity contribution in [2.75, 3.05) is 5.73 Å². The minimum atomic E-state index is 0.836. The molecule has 2 aromatic carbocycles. The summed E-state index contributed by atoms with van der Waals surface area (Å²) >= 11 is 2.31. The Morgan fingerprint density at radius 1 is 1.12 bits per heavy atom. The lowest BCUT2D eigenvalue weighted by atomic mass is 10.1. The molecule has 1 aromatic heterocycles. The molecule has 0 saturated carbocycles. The molecule has 0 aliphatic carbocycles. The average molecular weight is 322 g/mol. The van der Waals surface area contributed by atoms with Crippen LogP contribution in [0.4, 0.5) is 5.69 Å². The van der Waals surface area contributed by atoms with Crippen molar-refractivity contribution in [2.45, 2.75) is 6.92 Å². The smallest absolute Gasteiger partial charge is 0.0819 e. The second-order valence-electron chi connectivity index (χ2n) is 3.99. The molecule has 0 fully saturated rings. The van der Waals surface area contributed by atoms with Crippen LogP contribution in [-0.2, 0) is 0 Å². The number of aromatic nitrogens is 1. The number of para-hydroxylation sites is 1. The molecule has 0 unspecified atom stereocenters. The summed E-state index contributed by atoms with van der Waals surface area (Å²) < 4.78 is 2.14. The molecule has 16 heavy (non-hydrogen) atoms. The molecule has 1 heterocycles. The van der Waals surface area contributed by atoms with Gasteiger partial charge in [-0.25, -0.2) is 0 Å². The van der Waals surface area contributed by atoms with Gasteiger partial charge in [0.1, 0.15) is 0 Å². The summed E-state index contributed by atoms with van der Waals surface area (Å²) in [6.45, 7) is 2.14. The number of benzene rings is 2. The third-order valence-corrected chi connectivity index (χ3v) is 4.00. The first kappa shape index (κ1) is 9.96. The van der Waals surface area contributed by atoms with Crippen LogP contribution >= 0.6 is 22.9 Å². The van der Waals surface area contributed by atoms with Crippen LogP contribution in [0.3, 0.4) is 0 Å². The van der Waals surface area contributed by atoms with Crippen LogP contribution in [0.15, 0.2) is 36.4 Å². The molecule has 0 aliphatic heterocycles. The molecule has 3 rings (SSSR count). The summed E-state index contributed by atoms with van der Waals surface area (Å²) in [5, 5.41) is 2.54. The third-order valence-electron chi connectivity index (χ3n) is 3.00. The van der Waals surface area contributed by atoms with E-state index >= 15 is 0 Å². The molecule has 3 aromatic rings. The predicted molar refractivity (Wildman–Crippen MR) is 78.0 cm³/mol. The van der Waals surface area contributed by atoms with Crippen molar-refractivity contribution in [3.63, 3.8) is 0 Å². The molecule has 0 radical (unpaired) electrons. The van der Waals surface area contributed by atoms with E-state index in [0.717, 1.165) is 11.2 Å². The molecule has 0 spiro atoms. The zero-order chi connectivity index (χ0) is 11.3. The molecule has 80 valence electrons. The first-order chi connectivity index (χ1) is 7.70. The summed E-state index contributed by atoms with van der Waals surface area (Å²) in [5.74, 6) is 0. The molecule has 0 atom stereocenters. The third kappa shape index (κ3) is 1.18. The summed E-state index contributed by atoms with van der Waals surface area (Å²) in [7, 11) is 0. The number of nitrogens with two attached hydrogens (primary N) is 1. The van der Waals surface area contributed by atoms with Gasteiger partial charge in [0.25, 0.3) is 0 Å². The van der Waals surface area contributed by atoms with Crippen LogP contribution in [0.25, 0.3) is 21.8 Å². The molecular formula is C13H11IN2. The zero-order valence-electron chi connectivity index (χ0n) is 8.87. The number of halogens is 1. The Morgan fingerprint density at radius 2 is 1.88 bits per heavy atom. The Bertz CT molecular complexity index is 698. The highest BCUT2D eigenvalue weighted by Crippen LogP contribution is 2.35.